The average Bonchev–Trinajstić information content (AvgIpc) is 3.24. The van der Waals surface area contributed by atoms with E-state index in [1.54, 1.807) is 33.0 Å². The van der Waals surface area contributed by atoms with Gasteiger partial charge in [0.15, 0.2) is 0 Å². The lowest BCUT2D eigenvalue weighted by atomic mass is 9.99. The SMILES string of the molecule is CC(C)(C)OC(=O)NCC(=N)c1c(-c2cnn(CC(N)=O)c2)ccnc1Nc1ccc(OC(F)(F)F)cc1. The molecule has 2 heterocycles. The summed E-state index contributed by atoms with van der Waals surface area (Å²) in [5.74, 6) is -0.809. The summed E-state index contributed by atoms with van der Waals surface area (Å²) in [6.07, 6.45) is -1.05. The van der Waals surface area contributed by atoms with E-state index in [0.717, 1.165) is 12.1 Å². The molecule has 3 aromatic rings. The lowest BCUT2D eigenvalue weighted by Gasteiger charge is -2.20. The molecule has 11 nitrogen and oxygen atoms in total. The minimum absolute atomic E-state index is 0.0545. The topological polar surface area (TPSA) is 157 Å². The van der Waals surface area contributed by atoms with Crippen LogP contribution in [0.15, 0.2) is 48.9 Å². The fraction of sp³-hybridized carbons (Fsp3) is 0.292. The molecule has 5 N–H and O–H groups in total. The third-order valence-corrected chi connectivity index (χ3v) is 4.67. The fourth-order valence-corrected chi connectivity index (χ4v) is 3.29. The van der Waals surface area contributed by atoms with Crippen molar-refractivity contribution in [1.82, 2.24) is 20.1 Å². The summed E-state index contributed by atoms with van der Waals surface area (Å²) in [7, 11) is 0. The van der Waals surface area contributed by atoms with Crippen LogP contribution in [0, 0.1) is 5.41 Å². The first kappa shape index (κ1) is 28.0. The van der Waals surface area contributed by atoms with Crippen molar-refractivity contribution < 1.29 is 32.2 Å². The number of nitrogens with one attached hydrogen (secondary N) is 3. The predicted molar refractivity (Wildman–Crippen MR) is 132 cm³/mol. The van der Waals surface area contributed by atoms with Gasteiger partial charge in [-0.1, -0.05) is 0 Å². The summed E-state index contributed by atoms with van der Waals surface area (Å²) in [5.41, 5.74) is 6.11. The lowest BCUT2D eigenvalue weighted by molar-refractivity contribution is -0.274. The first-order valence-electron chi connectivity index (χ1n) is 11.2. The molecule has 38 heavy (non-hydrogen) atoms. The lowest BCUT2D eigenvalue weighted by Crippen LogP contribution is -2.35. The van der Waals surface area contributed by atoms with Crippen LogP contribution in [0.4, 0.5) is 29.5 Å². The number of nitrogens with two attached hydrogens (primary N) is 1. The van der Waals surface area contributed by atoms with Crippen LogP contribution in [0.25, 0.3) is 11.1 Å². The zero-order chi connectivity index (χ0) is 28.1. The van der Waals surface area contributed by atoms with Gasteiger partial charge in [-0.25, -0.2) is 9.78 Å². The van der Waals surface area contributed by atoms with E-state index < -0.39 is 29.7 Å². The number of halogens is 3. The largest absolute Gasteiger partial charge is 0.573 e. The monoisotopic (exact) mass is 533 g/mol. The van der Waals surface area contributed by atoms with E-state index in [0.29, 0.717) is 16.8 Å². The fourth-order valence-electron chi connectivity index (χ4n) is 3.29. The molecule has 0 saturated carbocycles. The number of primary amides is 1. The number of alkyl carbamates (subject to hydrolysis) is 1. The van der Waals surface area contributed by atoms with Gasteiger partial charge >= 0.3 is 12.5 Å². The highest BCUT2D eigenvalue weighted by Gasteiger charge is 2.31. The van der Waals surface area contributed by atoms with Gasteiger partial charge in [-0.2, -0.15) is 5.10 Å². The quantitative estimate of drug-likeness (QED) is 0.303. The number of ether oxygens (including phenoxy) is 2. The van der Waals surface area contributed by atoms with Crippen molar-refractivity contribution in [1.29, 1.82) is 5.41 Å². The van der Waals surface area contributed by atoms with Gasteiger partial charge in [-0.3, -0.25) is 9.48 Å². The number of hydrogen-bond acceptors (Lipinski definition) is 8. The second-order valence-electron chi connectivity index (χ2n) is 9.01. The number of aromatic nitrogens is 3. The van der Waals surface area contributed by atoms with E-state index in [-0.39, 0.29) is 30.2 Å². The van der Waals surface area contributed by atoms with Gasteiger partial charge in [0.25, 0.3) is 0 Å². The molecule has 14 heteroatoms. The number of alkyl halides is 3. The molecular formula is C24H26F3N7O4. The summed E-state index contributed by atoms with van der Waals surface area (Å²) < 4.78 is 47.9. The van der Waals surface area contributed by atoms with Gasteiger partial charge in [0.1, 0.15) is 23.7 Å². The van der Waals surface area contributed by atoms with E-state index in [1.807, 2.05) is 0 Å². The number of anilines is 2. The Bertz CT molecular complexity index is 1320. The summed E-state index contributed by atoms with van der Waals surface area (Å²) in [5, 5.41) is 18.3. The molecule has 1 aromatic carbocycles. The van der Waals surface area contributed by atoms with E-state index in [2.05, 4.69) is 25.5 Å². The second kappa shape index (κ2) is 11.2. The van der Waals surface area contributed by atoms with Crippen molar-refractivity contribution in [2.24, 2.45) is 5.73 Å². The minimum atomic E-state index is -4.83. The van der Waals surface area contributed by atoms with E-state index >= 15 is 0 Å². The number of pyridine rings is 1. The highest BCUT2D eigenvalue weighted by Crippen LogP contribution is 2.31. The van der Waals surface area contributed by atoms with Crippen LogP contribution in [0.3, 0.4) is 0 Å². The molecule has 0 radical (unpaired) electrons. The molecule has 0 unspecified atom stereocenters. The number of carbonyl (C=O) groups excluding carboxylic acids is 2. The molecular weight excluding hydrogens is 507 g/mol. The number of nitrogens with zero attached hydrogens (tertiary/aromatic N) is 3. The van der Waals surface area contributed by atoms with E-state index in [9.17, 15) is 22.8 Å². The van der Waals surface area contributed by atoms with Crippen molar-refractivity contribution in [2.75, 3.05) is 11.9 Å². The molecule has 0 atom stereocenters. The van der Waals surface area contributed by atoms with Gasteiger partial charge in [-0.05, 0) is 56.7 Å². The average molecular weight is 534 g/mol. The molecule has 0 fully saturated rings. The number of rotatable bonds is 9. The number of hydrogen-bond donors (Lipinski definition) is 4. The molecule has 202 valence electrons. The first-order valence-corrected chi connectivity index (χ1v) is 11.2. The van der Waals surface area contributed by atoms with Crippen LogP contribution in [-0.4, -0.2) is 51.0 Å². The zero-order valence-electron chi connectivity index (χ0n) is 20.7. The zero-order valence-corrected chi connectivity index (χ0v) is 20.7. The van der Waals surface area contributed by atoms with Crippen LogP contribution in [0.5, 0.6) is 5.75 Å². The Morgan fingerprint density at radius 1 is 1.13 bits per heavy atom. The molecule has 3 rings (SSSR count). The van der Waals surface area contributed by atoms with Crippen molar-refractivity contribution in [2.45, 2.75) is 39.3 Å². The summed E-state index contributed by atoms with van der Waals surface area (Å²) in [4.78, 5) is 27.7. The molecule has 0 aliphatic carbocycles. The standard InChI is InChI=1S/C24H26F3N7O4/c1-23(2,3)38-22(36)31-11-18(28)20-17(14-10-32-34(12-14)13-19(29)35)8-9-30-21(20)33-15-4-6-16(7-5-15)37-24(25,26)27/h4-10,12,28H,11,13H2,1-3H3,(H2,29,35)(H,30,33)(H,31,36). The first-order chi connectivity index (χ1) is 17.7. The molecule has 0 aliphatic rings. The van der Waals surface area contributed by atoms with E-state index in [1.165, 1.54) is 29.2 Å². The van der Waals surface area contributed by atoms with Gasteiger partial charge in [0.05, 0.1) is 18.5 Å². The van der Waals surface area contributed by atoms with Gasteiger partial charge in [0, 0.05) is 29.2 Å². The summed E-state index contributed by atoms with van der Waals surface area (Å²) in [6, 6.07) is 6.58. The second-order valence-corrected chi connectivity index (χ2v) is 9.01. The molecule has 2 amide bonds. The van der Waals surface area contributed by atoms with Crippen molar-refractivity contribution in [3.63, 3.8) is 0 Å². The van der Waals surface area contributed by atoms with Crippen molar-refractivity contribution >= 4 is 29.2 Å². The van der Waals surface area contributed by atoms with Crippen molar-refractivity contribution in [3.05, 3.63) is 54.5 Å². The van der Waals surface area contributed by atoms with Crippen molar-refractivity contribution in [3.8, 4) is 16.9 Å². The number of carbonyl (C=O) groups is 2. The Hall–Kier alpha value is -4.62. The Morgan fingerprint density at radius 3 is 2.42 bits per heavy atom. The van der Waals surface area contributed by atoms with Gasteiger partial charge in [0.2, 0.25) is 5.91 Å². The number of benzene rings is 1. The highest BCUT2D eigenvalue weighted by atomic mass is 19.4. The van der Waals surface area contributed by atoms with Crippen LogP contribution in [0.1, 0.15) is 26.3 Å². The van der Waals surface area contributed by atoms with Gasteiger partial charge < -0.3 is 31.3 Å². The van der Waals surface area contributed by atoms with Crippen LogP contribution in [0.2, 0.25) is 0 Å². The smallest absolute Gasteiger partial charge is 0.444 e. The molecule has 0 aliphatic heterocycles. The maximum Gasteiger partial charge on any atom is 0.573 e. The maximum absolute atomic E-state index is 12.5. The normalized spacial score (nSPS) is 11.5. The molecule has 0 bridgehead atoms. The molecule has 2 aromatic heterocycles. The summed E-state index contributed by atoms with van der Waals surface area (Å²) in [6.45, 7) is 4.72. The third kappa shape index (κ3) is 8.21. The van der Waals surface area contributed by atoms with Crippen LogP contribution < -0.4 is 21.1 Å². The Balaban J connectivity index is 1.94. The third-order valence-electron chi connectivity index (χ3n) is 4.67. The predicted octanol–water partition coefficient (Wildman–Crippen LogP) is 3.97. The van der Waals surface area contributed by atoms with Crippen LogP contribution in [-0.2, 0) is 16.1 Å². The Morgan fingerprint density at radius 2 is 1.82 bits per heavy atom. The Kier molecular flexibility index (Phi) is 8.23. The van der Waals surface area contributed by atoms with E-state index in [4.69, 9.17) is 15.9 Å². The minimum Gasteiger partial charge on any atom is -0.444 e. The molecule has 0 saturated heterocycles. The van der Waals surface area contributed by atoms with Gasteiger partial charge in [-0.15, -0.1) is 13.2 Å². The number of amides is 2. The molecule has 0 spiro atoms. The van der Waals surface area contributed by atoms with Crippen LogP contribution >= 0.6 is 0 Å². The Labute approximate surface area is 215 Å². The summed E-state index contributed by atoms with van der Waals surface area (Å²) >= 11 is 0. The highest BCUT2D eigenvalue weighted by molar-refractivity contribution is 6.10. The maximum atomic E-state index is 12.5.